The highest BCUT2D eigenvalue weighted by atomic mass is 32.2. The number of hydrogen-bond donors (Lipinski definition) is 17. The molecular weight excluding hydrogens is 1160 g/mol. The summed E-state index contributed by atoms with van der Waals surface area (Å²) in [6.45, 7) is 4.37. The highest BCUT2D eigenvalue weighted by Crippen LogP contribution is 2.26. The van der Waals surface area contributed by atoms with Crippen LogP contribution < -0.4 is 75.9 Å². The van der Waals surface area contributed by atoms with E-state index in [1.807, 2.05) is 16.0 Å². The summed E-state index contributed by atoms with van der Waals surface area (Å²) in [6.07, 6.45) is -3.38. The number of nitrogens with two attached hydrogens (primary N) is 5. The molecule has 472 valence electrons. The van der Waals surface area contributed by atoms with E-state index < -0.39 is 196 Å². The number of nitrogens with zero attached hydrogens (tertiary/aromatic N) is 2. The van der Waals surface area contributed by atoms with Crippen molar-refractivity contribution >= 4 is 87.0 Å². The number of nitrogens with one attached hydrogen (secondary N) is 9. The maximum absolute atomic E-state index is 14.7. The number of aliphatic hydroxyl groups is 1. The molecule has 0 aliphatic heterocycles. The Morgan fingerprint density at radius 2 is 0.798 bits per heavy atom. The van der Waals surface area contributed by atoms with Crippen molar-refractivity contribution in [1.82, 2.24) is 47.3 Å². The van der Waals surface area contributed by atoms with Gasteiger partial charge in [-0.05, 0) is 50.4 Å². The first kappa shape index (κ1) is 73.5. The number of sulfonamides is 1. The van der Waals surface area contributed by atoms with Crippen LogP contribution >= 0.6 is 0 Å². The van der Waals surface area contributed by atoms with Gasteiger partial charge in [0.25, 0.3) is 0 Å². The van der Waals surface area contributed by atoms with Crippen LogP contribution in [0.5, 0.6) is 0 Å². The monoisotopic (exact) mass is 1230 g/mol. The molecule has 0 radical (unpaired) electrons. The molecule has 0 bridgehead atoms. The molecule has 0 saturated carbocycles. The zero-order valence-electron chi connectivity index (χ0n) is 46.0. The van der Waals surface area contributed by atoms with Gasteiger partial charge in [0.15, 0.2) is 40.1 Å². The molecule has 1 rings (SSSR count). The van der Waals surface area contributed by atoms with Gasteiger partial charge < -0.3 is 86.5 Å². The van der Waals surface area contributed by atoms with E-state index in [0.717, 1.165) is 6.92 Å². The topological polar surface area (TPSA) is 546 Å². The summed E-state index contributed by atoms with van der Waals surface area (Å²) in [7, 11) is -5.91. The number of benzene rings is 1. The normalized spacial score (nSPS) is 14.1. The molecule has 0 aromatic heterocycles. The quantitative estimate of drug-likeness (QED) is 0.00737. The second-order valence-corrected chi connectivity index (χ2v) is 21.1. The van der Waals surface area contributed by atoms with Crippen molar-refractivity contribution in [1.29, 1.82) is 0 Å². The molecule has 0 fully saturated rings. The van der Waals surface area contributed by atoms with Gasteiger partial charge in [0.1, 0.15) is 48.3 Å². The summed E-state index contributed by atoms with van der Waals surface area (Å²) < 4.78 is 99.1. The summed E-state index contributed by atoms with van der Waals surface area (Å²) >= 11 is 0. The smallest absolute Gasteiger partial charge is 0.305 e. The number of aliphatic hydroxyl groups excluding tert-OH is 1. The Kier molecular flexibility index (Phi) is 30.4. The Morgan fingerprint density at radius 3 is 1.17 bits per heavy atom. The van der Waals surface area contributed by atoms with Gasteiger partial charge in [-0.2, -0.15) is 0 Å². The molecule has 0 aliphatic rings. The molecule has 0 saturated heterocycles. The molecule has 0 aliphatic carbocycles. The number of carboxylic acid groups (broad SMARTS) is 2. The lowest BCUT2D eigenvalue weighted by Gasteiger charge is -2.28. The van der Waals surface area contributed by atoms with E-state index in [1.54, 1.807) is 13.8 Å². The summed E-state index contributed by atoms with van der Waals surface area (Å²) in [5.74, 6) is -30.4. The van der Waals surface area contributed by atoms with Crippen molar-refractivity contribution in [3.63, 3.8) is 0 Å². The van der Waals surface area contributed by atoms with Crippen LogP contribution in [0.4, 0.5) is 22.0 Å². The minimum Gasteiger partial charge on any atom is -0.481 e. The van der Waals surface area contributed by atoms with Crippen molar-refractivity contribution in [3.8, 4) is 0 Å². The molecule has 1 aromatic carbocycles. The third-order valence-corrected chi connectivity index (χ3v) is 12.8. The van der Waals surface area contributed by atoms with Crippen molar-refractivity contribution in [2.24, 2.45) is 50.5 Å². The fourth-order valence-electron chi connectivity index (χ4n) is 7.38. The number of carbonyl (C=O) groups is 11. The number of guanidine groups is 2. The molecule has 1 aromatic rings. The molecule has 84 heavy (non-hydrogen) atoms. The predicted octanol–water partition coefficient (Wildman–Crippen LogP) is -5.81. The Labute approximate surface area is 476 Å². The van der Waals surface area contributed by atoms with Crippen LogP contribution in [0.2, 0.25) is 0 Å². The number of amides is 9. The van der Waals surface area contributed by atoms with E-state index >= 15 is 0 Å². The van der Waals surface area contributed by atoms with Gasteiger partial charge >= 0.3 is 11.9 Å². The number of aliphatic imine (C=N–C) groups is 2. The molecule has 8 atom stereocenters. The van der Waals surface area contributed by atoms with Crippen LogP contribution in [0.3, 0.4) is 0 Å². The number of primary amides is 1. The maximum atomic E-state index is 14.7. The summed E-state index contributed by atoms with van der Waals surface area (Å²) in [6, 6.07) is -15.1. The van der Waals surface area contributed by atoms with Gasteiger partial charge in [-0.1, -0.05) is 27.7 Å². The van der Waals surface area contributed by atoms with Gasteiger partial charge in [0, 0.05) is 26.6 Å². The number of carbonyl (C=O) groups excluding carboxylic acids is 9. The van der Waals surface area contributed by atoms with E-state index in [4.69, 9.17) is 28.7 Å². The Balaban J connectivity index is 3.65. The summed E-state index contributed by atoms with van der Waals surface area (Å²) in [5, 5.41) is 46.7. The van der Waals surface area contributed by atoms with Crippen LogP contribution in [-0.4, -0.2) is 175 Å². The van der Waals surface area contributed by atoms with Crippen LogP contribution in [-0.2, 0) is 62.8 Å². The lowest BCUT2D eigenvalue weighted by molar-refractivity contribution is -0.142. The van der Waals surface area contributed by atoms with E-state index in [9.17, 15) is 98.4 Å². The van der Waals surface area contributed by atoms with Gasteiger partial charge in [-0.3, -0.25) is 62.7 Å². The van der Waals surface area contributed by atoms with E-state index in [-0.39, 0.29) is 63.0 Å². The van der Waals surface area contributed by atoms with E-state index in [0.29, 0.717) is 0 Å². The first-order chi connectivity index (χ1) is 38.9. The molecule has 0 heterocycles. The maximum Gasteiger partial charge on any atom is 0.305 e. The second-order valence-electron chi connectivity index (χ2n) is 19.4. The van der Waals surface area contributed by atoms with Crippen LogP contribution in [0, 0.1) is 40.9 Å². The first-order valence-corrected chi connectivity index (χ1v) is 26.8. The van der Waals surface area contributed by atoms with Crippen molar-refractivity contribution in [2.75, 3.05) is 26.2 Å². The van der Waals surface area contributed by atoms with Crippen molar-refractivity contribution in [2.45, 2.75) is 139 Å². The van der Waals surface area contributed by atoms with Gasteiger partial charge in [0.05, 0.1) is 19.4 Å². The van der Waals surface area contributed by atoms with Crippen LogP contribution in [0.1, 0.15) is 86.0 Å². The van der Waals surface area contributed by atoms with Gasteiger partial charge in [0.2, 0.25) is 69.0 Å². The third-order valence-electron chi connectivity index (χ3n) is 11.3. The van der Waals surface area contributed by atoms with E-state index in [1.165, 1.54) is 18.6 Å². The largest absolute Gasteiger partial charge is 0.481 e. The highest BCUT2D eigenvalue weighted by Gasteiger charge is 2.38. The van der Waals surface area contributed by atoms with Gasteiger partial charge in [-0.25, -0.2) is 35.1 Å². The zero-order valence-corrected chi connectivity index (χ0v) is 46.8. The highest BCUT2D eigenvalue weighted by molar-refractivity contribution is 7.89. The molecule has 32 nitrogen and oxygen atoms in total. The average Bonchev–Trinajstić information content (AvgIpc) is 3.47. The first-order valence-electron chi connectivity index (χ1n) is 25.3. The Morgan fingerprint density at radius 1 is 0.476 bits per heavy atom. The number of rotatable bonds is 37. The number of carboxylic acids is 2. The van der Waals surface area contributed by atoms with Gasteiger partial charge in [-0.15, -0.1) is 0 Å². The molecule has 22 N–H and O–H groups in total. The van der Waals surface area contributed by atoms with E-state index in [2.05, 4.69) is 36.6 Å². The second kappa shape index (κ2) is 34.8. The average molecular weight is 1230 g/mol. The predicted molar refractivity (Wildman–Crippen MR) is 282 cm³/mol. The molecule has 0 spiro atoms. The third kappa shape index (κ3) is 25.3. The van der Waals surface area contributed by atoms with Crippen LogP contribution in [0.25, 0.3) is 0 Å². The van der Waals surface area contributed by atoms with Crippen molar-refractivity contribution in [3.05, 3.63) is 29.1 Å². The molecule has 9 amide bonds. The van der Waals surface area contributed by atoms with Crippen LogP contribution in [0.15, 0.2) is 14.9 Å². The minimum atomic E-state index is -5.91. The van der Waals surface area contributed by atoms with Crippen molar-refractivity contribution < 1.29 is 98.4 Å². The number of halogens is 5. The fourth-order valence-corrected chi connectivity index (χ4v) is 8.56. The SMILES string of the molecule is CC(=O)N[C@@H](CCCN=C(N)N)C(=O)NC(CNS(=O)(=O)c1c(F)c(F)c(F)c(F)c1F)C(=O)N[C@@H](CC(=O)O)C(=O)N[C@@H](CC(C)C)C(=O)N[C@@H](CC(=O)O)C(=O)N[C@@H](CO)C(=O)N[C@@H](CC(C)C)C(=O)N[C@@H](CCCN=C(N)N)C(N)=O. The standard InChI is InChI=1S/C46H71F5N16O16S/c1-18(2)12-23(39(76)61-21(37(52)74)8-6-10-57-45(53)54)63-44(81)28(17-68)67-42(79)26(15-30(72)73)64-40(77)24(13-19(3)4)62-41(78)25(14-29(70)71)65-43(80)27(66-38(75)22(60-20(5)69)9-7-11-58-46(55)56)16-59-84(82,83)36-34(50)32(48)31(47)33(49)35(36)51/h18-19,21-28,59,68H,6-17H2,1-5H3,(H2,52,74)(H,60,69)(H,61,76)(H,62,78)(H,63,81)(H,64,77)(H,65,80)(H,66,75)(H,67,79)(H,70,71)(H,72,73)(H4,53,54,57)(H4,55,56,58)/t21-,22-,23-,24-,25-,26-,27?,28-/m0/s1. The summed E-state index contributed by atoms with van der Waals surface area (Å²) in [5.41, 5.74) is 26.6. The fraction of sp³-hybridized carbons (Fsp3) is 0.587. The molecular formula is C46H71F5N16O16S. The Hall–Kier alpha value is -8.55. The zero-order chi connectivity index (χ0) is 64.5. The molecule has 1 unspecified atom stereocenters. The minimum absolute atomic E-state index is 0.0354. The summed E-state index contributed by atoms with van der Waals surface area (Å²) in [4.78, 5) is 149. The lowest BCUT2D eigenvalue weighted by atomic mass is 10.0. The molecule has 38 heteroatoms. The number of hydrogen-bond acceptors (Lipinski definition) is 16. The lowest BCUT2D eigenvalue weighted by Crippen LogP contribution is -2.62. The Bertz CT molecular complexity index is 2730. The number of aliphatic carboxylic acids is 2.